The lowest BCUT2D eigenvalue weighted by Gasteiger charge is -2.26. The van der Waals surface area contributed by atoms with Crippen molar-refractivity contribution in [3.05, 3.63) is 28.2 Å². The molecule has 1 fully saturated rings. The first-order chi connectivity index (χ1) is 9.16. The number of piperidine rings is 1. The van der Waals surface area contributed by atoms with Crippen molar-refractivity contribution in [3.8, 4) is 5.75 Å². The Balaban J connectivity index is 1.91. The second-order valence-corrected chi connectivity index (χ2v) is 5.61. The summed E-state index contributed by atoms with van der Waals surface area (Å²) in [5.74, 6) is -0.528. The molecule has 0 bridgehead atoms. The molecule has 0 atom stereocenters. The van der Waals surface area contributed by atoms with E-state index in [0.717, 1.165) is 24.1 Å². The van der Waals surface area contributed by atoms with Gasteiger partial charge in [-0.05, 0) is 44.1 Å². The topological polar surface area (TPSA) is 49.8 Å². The number of carboxylic acids is 1. The fraction of sp³-hybridized carbons (Fsp3) is 0.500. The second kappa shape index (κ2) is 6.91. The summed E-state index contributed by atoms with van der Waals surface area (Å²) < 4.78 is 6.45. The molecule has 1 aromatic rings. The summed E-state index contributed by atoms with van der Waals surface area (Å²) in [6, 6.07) is 4.98. The van der Waals surface area contributed by atoms with E-state index in [9.17, 15) is 4.79 Å². The third-order valence-electron chi connectivity index (χ3n) is 3.29. The first-order valence-corrected chi connectivity index (χ1v) is 7.34. The number of halogens is 1. The fourth-order valence-electron chi connectivity index (χ4n) is 2.26. The van der Waals surface area contributed by atoms with Crippen LogP contribution in [0, 0.1) is 0 Å². The normalized spacial score (nSPS) is 16.3. The molecule has 0 unspecified atom stereocenters. The Morgan fingerprint density at radius 3 is 2.74 bits per heavy atom. The van der Waals surface area contributed by atoms with E-state index in [2.05, 4.69) is 20.8 Å². The Morgan fingerprint density at radius 2 is 2.05 bits per heavy atom. The van der Waals surface area contributed by atoms with E-state index < -0.39 is 5.97 Å². The number of rotatable bonds is 5. The lowest BCUT2D eigenvalue weighted by Crippen LogP contribution is -2.33. The van der Waals surface area contributed by atoms with Gasteiger partial charge >= 0.3 is 5.97 Å². The maximum absolute atomic E-state index is 11.1. The number of carbonyl (C=O) groups is 1. The number of nitrogens with zero attached hydrogens (tertiary/aromatic N) is 1. The molecule has 1 aliphatic rings. The monoisotopic (exact) mass is 327 g/mol. The number of hydrogen-bond acceptors (Lipinski definition) is 3. The van der Waals surface area contributed by atoms with Crippen LogP contribution in [0.25, 0.3) is 0 Å². The van der Waals surface area contributed by atoms with Crippen LogP contribution in [0.1, 0.15) is 29.6 Å². The minimum atomic E-state index is -0.958. The van der Waals surface area contributed by atoms with Crippen molar-refractivity contribution in [2.75, 3.05) is 26.2 Å². The van der Waals surface area contributed by atoms with Crippen LogP contribution in [-0.2, 0) is 0 Å². The Bertz CT molecular complexity index is 444. The predicted octanol–water partition coefficient (Wildman–Crippen LogP) is 3.01. The van der Waals surface area contributed by atoms with Gasteiger partial charge in [-0.1, -0.05) is 22.4 Å². The van der Waals surface area contributed by atoms with Crippen molar-refractivity contribution in [2.45, 2.75) is 19.3 Å². The molecule has 2 rings (SSSR count). The van der Waals surface area contributed by atoms with Crippen LogP contribution in [0.4, 0.5) is 0 Å². The van der Waals surface area contributed by atoms with Gasteiger partial charge in [0.25, 0.3) is 0 Å². The van der Waals surface area contributed by atoms with Crippen LogP contribution in [0.3, 0.4) is 0 Å². The Labute approximate surface area is 121 Å². The summed E-state index contributed by atoms with van der Waals surface area (Å²) in [6.45, 7) is 3.61. The Hall–Kier alpha value is -1.07. The zero-order valence-corrected chi connectivity index (χ0v) is 12.4. The smallest absolute Gasteiger partial charge is 0.339 e. The molecule has 1 saturated heterocycles. The summed E-state index contributed by atoms with van der Waals surface area (Å²) in [5.41, 5.74) is 0.210. The first kappa shape index (κ1) is 14.3. The molecule has 19 heavy (non-hydrogen) atoms. The number of benzene rings is 1. The van der Waals surface area contributed by atoms with Gasteiger partial charge in [-0.2, -0.15) is 0 Å². The van der Waals surface area contributed by atoms with E-state index >= 15 is 0 Å². The largest absolute Gasteiger partial charge is 0.491 e. The van der Waals surface area contributed by atoms with E-state index in [0.29, 0.717) is 12.4 Å². The summed E-state index contributed by atoms with van der Waals surface area (Å²) in [6.07, 6.45) is 3.81. The Kier molecular flexibility index (Phi) is 5.22. The lowest BCUT2D eigenvalue weighted by atomic mass is 10.1. The summed E-state index contributed by atoms with van der Waals surface area (Å²) in [5, 5.41) is 9.10. The molecule has 0 saturated carbocycles. The molecule has 0 radical (unpaired) electrons. The molecule has 1 N–H and O–H groups in total. The summed E-state index contributed by atoms with van der Waals surface area (Å²) in [4.78, 5) is 13.5. The van der Waals surface area contributed by atoms with E-state index in [4.69, 9.17) is 9.84 Å². The van der Waals surface area contributed by atoms with Gasteiger partial charge in [0.15, 0.2) is 0 Å². The minimum Gasteiger partial charge on any atom is -0.491 e. The van der Waals surface area contributed by atoms with Gasteiger partial charge in [-0.3, -0.25) is 4.90 Å². The molecule has 4 nitrogen and oxygen atoms in total. The van der Waals surface area contributed by atoms with Crippen molar-refractivity contribution in [1.82, 2.24) is 4.90 Å². The highest BCUT2D eigenvalue weighted by atomic mass is 79.9. The molecule has 1 heterocycles. The maximum Gasteiger partial charge on any atom is 0.339 e. The van der Waals surface area contributed by atoms with Gasteiger partial charge in [0.05, 0.1) is 0 Å². The highest BCUT2D eigenvalue weighted by molar-refractivity contribution is 9.10. The zero-order chi connectivity index (χ0) is 13.7. The minimum absolute atomic E-state index is 0.210. The number of aromatic carboxylic acids is 1. The van der Waals surface area contributed by atoms with Crippen LogP contribution in [0.2, 0.25) is 0 Å². The first-order valence-electron chi connectivity index (χ1n) is 6.55. The van der Waals surface area contributed by atoms with Crippen LogP contribution in [0.5, 0.6) is 5.75 Å². The molecule has 104 valence electrons. The molecule has 1 aromatic carbocycles. The molecule has 0 spiro atoms. The molecule has 5 heteroatoms. The van der Waals surface area contributed by atoms with E-state index in [-0.39, 0.29) is 5.56 Å². The van der Waals surface area contributed by atoms with Gasteiger partial charge in [-0.25, -0.2) is 4.79 Å². The molecular formula is C14H18BrNO3. The highest BCUT2D eigenvalue weighted by Gasteiger charge is 2.13. The van der Waals surface area contributed by atoms with Gasteiger partial charge in [0.1, 0.15) is 17.9 Å². The van der Waals surface area contributed by atoms with Crippen LogP contribution in [0.15, 0.2) is 22.7 Å². The average molecular weight is 328 g/mol. The van der Waals surface area contributed by atoms with Crippen molar-refractivity contribution in [1.29, 1.82) is 0 Å². The van der Waals surface area contributed by atoms with Gasteiger partial charge in [0, 0.05) is 11.0 Å². The van der Waals surface area contributed by atoms with Gasteiger partial charge < -0.3 is 9.84 Å². The van der Waals surface area contributed by atoms with Crippen molar-refractivity contribution in [3.63, 3.8) is 0 Å². The van der Waals surface area contributed by atoms with E-state index in [1.807, 2.05) is 0 Å². The zero-order valence-electron chi connectivity index (χ0n) is 10.8. The maximum atomic E-state index is 11.1. The second-order valence-electron chi connectivity index (χ2n) is 4.70. The van der Waals surface area contributed by atoms with Crippen LogP contribution < -0.4 is 4.74 Å². The SMILES string of the molecule is O=C(O)c1ccc(Br)cc1OCCN1CCCCC1. The molecular weight excluding hydrogens is 310 g/mol. The third kappa shape index (κ3) is 4.21. The third-order valence-corrected chi connectivity index (χ3v) is 3.78. The predicted molar refractivity (Wildman–Crippen MR) is 76.9 cm³/mol. The van der Waals surface area contributed by atoms with Crippen LogP contribution >= 0.6 is 15.9 Å². The van der Waals surface area contributed by atoms with Crippen molar-refractivity contribution in [2.24, 2.45) is 0 Å². The van der Waals surface area contributed by atoms with E-state index in [1.54, 1.807) is 18.2 Å². The summed E-state index contributed by atoms with van der Waals surface area (Å²) in [7, 11) is 0. The average Bonchev–Trinajstić information content (AvgIpc) is 2.39. The molecule has 0 amide bonds. The molecule has 1 aliphatic heterocycles. The highest BCUT2D eigenvalue weighted by Crippen LogP contribution is 2.24. The fourth-order valence-corrected chi connectivity index (χ4v) is 2.60. The Morgan fingerprint density at radius 1 is 1.32 bits per heavy atom. The number of hydrogen-bond donors (Lipinski definition) is 1. The molecule has 0 aromatic heterocycles. The molecule has 0 aliphatic carbocycles. The van der Waals surface area contributed by atoms with Crippen molar-refractivity contribution >= 4 is 21.9 Å². The van der Waals surface area contributed by atoms with E-state index in [1.165, 1.54) is 19.3 Å². The van der Waals surface area contributed by atoms with Gasteiger partial charge in [0.2, 0.25) is 0 Å². The number of carboxylic acid groups (broad SMARTS) is 1. The van der Waals surface area contributed by atoms with Gasteiger partial charge in [-0.15, -0.1) is 0 Å². The quantitative estimate of drug-likeness (QED) is 0.903. The van der Waals surface area contributed by atoms with Crippen LogP contribution in [-0.4, -0.2) is 42.2 Å². The van der Waals surface area contributed by atoms with Crippen molar-refractivity contribution < 1.29 is 14.6 Å². The standard InChI is InChI=1S/C14H18BrNO3/c15-11-4-5-12(14(17)18)13(10-11)19-9-8-16-6-2-1-3-7-16/h4-5,10H,1-3,6-9H2,(H,17,18). The lowest BCUT2D eigenvalue weighted by molar-refractivity contribution is 0.0691. The number of ether oxygens (including phenoxy) is 1. The summed E-state index contributed by atoms with van der Waals surface area (Å²) >= 11 is 3.33. The number of likely N-dealkylation sites (tertiary alicyclic amines) is 1.